The summed E-state index contributed by atoms with van der Waals surface area (Å²) >= 11 is 0. The van der Waals surface area contributed by atoms with Gasteiger partial charge in [-0.3, -0.25) is 0 Å². The maximum Gasteiger partial charge on any atom is 0.338 e. The number of hydrogen-bond acceptors (Lipinski definition) is 4. The summed E-state index contributed by atoms with van der Waals surface area (Å²) < 4.78 is 5.41. The minimum Gasteiger partial charge on any atom is -0.508 e. The molecule has 0 saturated heterocycles. The number of aliphatic carboxylic acids is 1. The third-order valence-corrected chi connectivity index (χ3v) is 5.68. The summed E-state index contributed by atoms with van der Waals surface area (Å²) in [4.78, 5) is 24.1. The first-order valence-electron chi connectivity index (χ1n) is 10.7. The van der Waals surface area contributed by atoms with Crippen molar-refractivity contribution in [3.05, 3.63) is 72.4 Å². The Kier molecular flexibility index (Phi) is 8.43. The lowest BCUT2D eigenvalue weighted by Crippen LogP contribution is -2.33. The van der Waals surface area contributed by atoms with Crippen molar-refractivity contribution in [2.45, 2.75) is 52.4 Å². The van der Waals surface area contributed by atoms with Crippen LogP contribution < -0.4 is 4.74 Å². The second-order valence-electron chi connectivity index (χ2n) is 8.19. The largest absolute Gasteiger partial charge is 0.508 e. The van der Waals surface area contributed by atoms with E-state index in [-0.39, 0.29) is 17.2 Å². The fourth-order valence-electron chi connectivity index (χ4n) is 4.12. The van der Waals surface area contributed by atoms with Gasteiger partial charge < -0.3 is 14.9 Å². The summed E-state index contributed by atoms with van der Waals surface area (Å²) in [7, 11) is 0. The molecule has 0 bridgehead atoms. The number of ether oxygens (including phenoxy) is 1. The molecule has 5 heteroatoms. The molecule has 0 aliphatic heterocycles. The second kappa shape index (κ2) is 10.8. The Hall–Kier alpha value is -3.08. The van der Waals surface area contributed by atoms with Gasteiger partial charge in [0.1, 0.15) is 11.5 Å². The highest BCUT2D eigenvalue weighted by atomic mass is 16.5. The van der Waals surface area contributed by atoms with Gasteiger partial charge in [-0.05, 0) is 61.3 Å². The zero-order valence-electron chi connectivity index (χ0n) is 18.4. The topological polar surface area (TPSA) is 83.8 Å². The van der Waals surface area contributed by atoms with Gasteiger partial charge in [0.2, 0.25) is 0 Å². The molecule has 1 aromatic rings. The van der Waals surface area contributed by atoms with Crippen molar-refractivity contribution in [1.82, 2.24) is 0 Å². The highest BCUT2D eigenvalue weighted by Gasteiger charge is 2.39. The average Bonchev–Trinajstić information content (AvgIpc) is 2.72. The van der Waals surface area contributed by atoms with Gasteiger partial charge >= 0.3 is 11.9 Å². The second-order valence-corrected chi connectivity index (χ2v) is 8.19. The van der Waals surface area contributed by atoms with Crippen molar-refractivity contribution >= 4 is 11.9 Å². The zero-order chi connectivity index (χ0) is 23.0. The lowest BCUT2D eigenvalue weighted by Gasteiger charge is -2.40. The molecule has 0 amide bonds. The number of rotatable bonds is 11. The number of benzene rings is 1. The quantitative estimate of drug-likeness (QED) is 0.260. The van der Waals surface area contributed by atoms with Gasteiger partial charge in [-0.1, -0.05) is 63.6 Å². The Morgan fingerprint density at radius 1 is 1.10 bits per heavy atom. The molecule has 2 N–H and O–H groups in total. The van der Waals surface area contributed by atoms with Gasteiger partial charge in [0.25, 0.3) is 0 Å². The Morgan fingerprint density at radius 2 is 1.77 bits per heavy atom. The Balaban J connectivity index is 2.26. The highest BCUT2D eigenvalue weighted by Crippen LogP contribution is 2.47. The minimum atomic E-state index is -1.00. The predicted molar refractivity (Wildman–Crippen MR) is 122 cm³/mol. The number of allylic oxidation sites excluding steroid dienone is 4. The molecular weight excluding hydrogens is 392 g/mol. The number of carbonyl (C=O) groups excluding carboxylic acids is 1. The first-order chi connectivity index (χ1) is 14.7. The van der Waals surface area contributed by atoms with E-state index < -0.39 is 17.4 Å². The molecule has 0 radical (unpaired) electrons. The van der Waals surface area contributed by atoms with Crippen molar-refractivity contribution in [3.8, 4) is 11.5 Å². The van der Waals surface area contributed by atoms with E-state index in [1.165, 1.54) is 29.8 Å². The molecule has 5 nitrogen and oxygen atoms in total. The third kappa shape index (κ3) is 6.45. The van der Waals surface area contributed by atoms with Gasteiger partial charge in [0, 0.05) is 11.1 Å². The van der Waals surface area contributed by atoms with Crippen LogP contribution in [-0.2, 0) is 9.59 Å². The van der Waals surface area contributed by atoms with Crippen LogP contribution in [0.5, 0.6) is 11.5 Å². The van der Waals surface area contributed by atoms with Crippen molar-refractivity contribution in [1.29, 1.82) is 0 Å². The van der Waals surface area contributed by atoms with Crippen molar-refractivity contribution in [2.24, 2.45) is 11.3 Å². The van der Waals surface area contributed by atoms with Crippen LogP contribution in [0.25, 0.3) is 0 Å². The molecule has 31 heavy (non-hydrogen) atoms. The molecule has 0 spiro atoms. The van der Waals surface area contributed by atoms with Crippen LogP contribution in [0.3, 0.4) is 0 Å². The Bertz CT molecular complexity index is 891. The number of aromatic hydroxyl groups is 1. The van der Waals surface area contributed by atoms with Crippen LogP contribution in [0.1, 0.15) is 52.4 Å². The van der Waals surface area contributed by atoms with Crippen molar-refractivity contribution in [2.75, 3.05) is 0 Å². The van der Waals surface area contributed by atoms with E-state index in [4.69, 9.17) is 4.74 Å². The standard InChI is InChI=1S/C26H32O5/c1-5-7-20-12-14-26(13-6-2,21(16-20)15-18(3)24(28)29)17-19(4)25(30)31-23-10-8-22(27)9-11-23/h8-12,14,16,21,27H,3-7,13,15,17H2,1-2H3,(H,28,29). The molecule has 166 valence electrons. The van der Waals surface area contributed by atoms with Gasteiger partial charge in [-0.2, -0.15) is 0 Å². The number of phenols is 1. The summed E-state index contributed by atoms with van der Waals surface area (Å²) in [6.07, 6.45) is 10.6. The maximum absolute atomic E-state index is 12.7. The molecule has 1 aromatic carbocycles. The van der Waals surface area contributed by atoms with Crippen LogP contribution in [0.4, 0.5) is 0 Å². The average molecular weight is 425 g/mol. The van der Waals surface area contributed by atoms with Crippen molar-refractivity contribution in [3.63, 3.8) is 0 Å². The summed E-state index contributed by atoms with van der Waals surface area (Å²) in [5.74, 6) is -1.22. The summed E-state index contributed by atoms with van der Waals surface area (Å²) in [5, 5.41) is 18.8. The van der Waals surface area contributed by atoms with E-state index in [1.807, 2.05) is 0 Å². The molecular formula is C26H32O5. The molecule has 0 heterocycles. The molecule has 0 aromatic heterocycles. The number of phenolic OH excluding ortho intramolecular Hbond substituents is 1. The maximum atomic E-state index is 12.7. The number of hydrogen-bond donors (Lipinski definition) is 2. The predicted octanol–water partition coefficient (Wildman–Crippen LogP) is 5.97. The first kappa shape index (κ1) is 24.2. The van der Waals surface area contributed by atoms with Crippen LogP contribution in [0, 0.1) is 11.3 Å². The molecule has 1 aliphatic rings. The SMILES string of the molecule is C=C(CC1C=C(CCC)C=CC1(CCC)CC(=C)C(=O)Oc1ccc(O)cc1)C(=O)O. The van der Waals surface area contributed by atoms with Crippen LogP contribution in [0.15, 0.2) is 72.4 Å². The molecule has 2 rings (SSSR count). The third-order valence-electron chi connectivity index (χ3n) is 5.68. The Labute approximate surface area is 184 Å². The normalized spacial score (nSPS) is 20.1. The fraction of sp³-hybridized carbons (Fsp3) is 0.385. The van der Waals surface area contributed by atoms with Gasteiger partial charge in [0.05, 0.1) is 0 Å². The van der Waals surface area contributed by atoms with Crippen LogP contribution >= 0.6 is 0 Å². The molecule has 0 saturated carbocycles. The summed E-state index contributed by atoms with van der Waals surface area (Å²) in [6, 6.07) is 5.92. The molecule has 2 unspecified atom stereocenters. The van der Waals surface area contributed by atoms with E-state index in [0.717, 1.165) is 25.7 Å². The van der Waals surface area contributed by atoms with Crippen molar-refractivity contribution < 1.29 is 24.5 Å². The number of esters is 1. The van der Waals surface area contributed by atoms with Gasteiger partial charge in [-0.25, -0.2) is 9.59 Å². The van der Waals surface area contributed by atoms with Crippen LogP contribution in [0.2, 0.25) is 0 Å². The van der Waals surface area contributed by atoms with Gasteiger partial charge in [0.15, 0.2) is 0 Å². The van der Waals surface area contributed by atoms with E-state index in [1.54, 1.807) is 0 Å². The van der Waals surface area contributed by atoms with E-state index >= 15 is 0 Å². The summed E-state index contributed by atoms with van der Waals surface area (Å²) in [6.45, 7) is 11.9. The van der Waals surface area contributed by atoms with E-state index in [9.17, 15) is 19.8 Å². The minimum absolute atomic E-state index is 0.0871. The molecule has 0 fully saturated rings. The zero-order valence-corrected chi connectivity index (χ0v) is 18.4. The van der Waals surface area contributed by atoms with Crippen LogP contribution in [-0.4, -0.2) is 22.2 Å². The lowest BCUT2D eigenvalue weighted by atomic mass is 9.63. The Morgan fingerprint density at radius 3 is 2.35 bits per heavy atom. The fourth-order valence-corrected chi connectivity index (χ4v) is 4.12. The smallest absolute Gasteiger partial charge is 0.338 e. The number of carboxylic acids is 1. The molecule has 1 aliphatic carbocycles. The van der Waals surface area contributed by atoms with Gasteiger partial charge in [-0.15, -0.1) is 0 Å². The lowest BCUT2D eigenvalue weighted by molar-refractivity contribution is -0.133. The number of carbonyl (C=O) groups is 2. The monoisotopic (exact) mass is 424 g/mol. The highest BCUT2D eigenvalue weighted by molar-refractivity contribution is 5.89. The number of carboxylic acid groups (broad SMARTS) is 1. The summed E-state index contributed by atoms with van der Waals surface area (Å²) in [5.41, 5.74) is 1.22. The molecule has 2 atom stereocenters. The van der Waals surface area contributed by atoms with E-state index in [0.29, 0.717) is 24.2 Å². The van der Waals surface area contributed by atoms with E-state index in [2.05, 4.69) is 45.2 Å². The first-order valence-corrected chi connectivity index (χ1v) is 10.7.